The number of hydrogen-bond donors (Lipinski definition) is 1. The number of rotatable bonds is 3. The van der Waals surface area contributed by atoms with Crippen molar-refractivity contribution in [1.82, 2.24) is 14.6 Å². The van der Waals surface area contributed by atoms with Gasteiger partial charge in [-0.25, -0.2) is 17.9 Å². The van der Waals surface area contributed by atoms with E-state index in [2.05, 4.69) is 9.71 Å². The Kier molecular flexibility index (Phi) is 5.29. The van der Waals surface area contributed by atoms with Gasteiger partial charge in [-0.3, -0.25) is 14.7 Å². The molecule has 28 heavy (non-hydrogen) atoms. The molecule has 1 saturated heterocycles. The van der Waals surface area contributed by atoms with Crippen molar-refractivity contribution >= 4 is 32.9 Å². The van der Waals surface area contributed by atoms with Crippen LogP contribution in [-0.4, -0.2) is 48.5 Å². The number of likely N-dealkylation sites (tertiary alicyclic amines) is 1. The van der Waals surface area contributed by atoms with E-state index in [4.69, 9.17) is 4.74 Å². The molecule has 2 amide bonds. The Labute approximate surface area is 163 Å². The molecule has 1 atom stereocenters. The minimum Gasteiger partial charge on any atom is -0.444 e. The summed E-state index contributed by atoms with van der Waals surface area (Å²) in [5.41, 5.74) is -0.429. The van der Waals surface area contributed by atoms with Gasteiger partial charge in [-0.15, -0.1) is 0 Å². The molecule has 1 aromatic carbocycles. The van der Waals surface area contributed by atoms with Crippen LogP contribution in [-0.2, 0) is 19.6 Å². The van der Waals surface area contributed by atoms with Crippen molar-refractivity contribution in [2.45, 2.75) is 50.2 Å². The average Bonchev–Trinajstić information content (AvgIpc) is 3.09. The fourth-order valence-electron chi connectivity index (χ4n) is 3.13. The van der Waals surface area contributed by atoms with E-state index in [1.165, 1.54) is 17.2 Å². The second kappa shape index (κ2) is 7.38. The monoisotopic (exact) mass is 405 g/mol. The summed E-state index contributed by atoms with van der Waals surface area (Å²) in [6.45, 7) is 5.53. The molecule has 1 aromatic heterocycles. The Hall–Kier alpha value is -2.68. The molecule has 2 heterocycles. The van der Waals surface area contributed by atoms with Crippen LogP contribution in [0.15, 0.2) is 41.4 Å². The lowest BCUT2D eigenvalue weighted by Gasteiger charge is -2.27. The fraction of sp³-hybridized carbons (Fsp3) is 0.421. The van der Waals surface area contributed by atoms with Gasteiger partial charge in [0.2, 0.25) is 0 Å². The minimum absolute atomic E-state index is 0.0826. The minimum atomic E-state index is -4.15. The second-order valence-electron chi connectivity index (χ2n) is 7.63. The number of carbonyl (C=O) groups is 2. The third kappa shape index (κ3) is 4.24. The molecule has 0 saturated carbocycles. The number of para-hydroxylation sites is 1. The number of ether oxygens (including phenoxy) is 1. The Balaban J connectivity index is 1.82. The van der Waals surface area contributed by atoms with Crippen molar-refractivity contribution in [3.63, 3.8) is 0 Å². The summed E-state index contributed by atoms with van der Waals surface area (Å²) in [7, 11) is -4.15. The number of nitrogens with one attached hydrogen (secondary N) is 1. The van der Waals surface area contributed by atoms with Gasteiger partial charge in [0, 0.05) is 18.1 Å². The molecule has 3 rings (SSSR count). The van der Waals surface area contributed by atoms with Crippen LogP contribution < -0.4 is 4.72 Å². The third-order valence-electron chi connectivity index (χ3n) is 4.30. The van der Waals surface area contributed by atoms with Crippen LogP contribution in [0.5, 0.6) is 0 Å². The summed E-state index contributed by atoms with van der Waals surface area (Å²) in [6, 6.07) is 7.27. The summed E-state index contributed by atoms with van der Waals surface area (Å²) in [5.74, 6) is -0.753. The topological polar surface area (TPSA) is 106 Å². The van der Waals surface area contributed by atoms with E-state index in [0.29, 0.717) is 24.8 Å². The van der Waals surface area contributed by atoms with Crippen molar-refractivity contribution in [3.8, 4) is 0 Å². The van der Waals surface area contributed by atoms with Gasteiger partial charge in [0.25, 0.3) is 15.9 Å². The molecular weight excluding hydrogens is 382 g/mol. The van der Waals surface area contributed by atoms with Crippen molar-refractivity contribution in [3.05, 3.63) is 36.5 Å². The van der Waals surface area contributed by atoms with Crippen LogP contribution in [0.2, 0.25) is 0 Å². The molecule has 0 spiro atoms. The Morgan fingerprint density at radius 3 is 2.64 bits per heavy atom. The number of fused-ring (bicyclic) bond motifs is 1. The van der Waals surface area contributed by atoms with E-state index in [9.17, 15) is 18.0 Å². The van der Waals surface area contributed by atoms with E-state index >= 15 is 0 Å². The maximum atomic E-state index is 12.8. The smallest absolute Gasteiger partial charge is 0.410 e. The van der Waals surface area contributed by atoms with Crippen molar-refractivity contribution in [2.24, 2.45) is 0 Å². The Bertz CT molecular complexity index is 1010. The molecule has 2 aromatic rings. The van der Waals surface area contributed by atoms with E-state index < -0.39 is 33.7 Å². The maximum absolute atomic E-state index is 12.8. The zero-order chi connectivity index (χ0) is 20.5. The van der Waals surface area contributed by atoms with Gasteiger partial charge >= 0.3 is 6.09 Å². The first-order valence-corrected chi connectivity index (χ1v) is 10.5. The first kappa shape index (κ1) is 20.1. The van der Waals surface area contributed by atoms with Crippen LogP contribution >= 0.6 is 0 Å². The van der Waals surface area contributed by atoms with Gasteiger partial charge in [0.15, 0.2) is 0 Å². The first-order valence-electron chi connectivity index (χ1n) is 8.98. The predicted octanol–water partition coefficient (Wildman–Crippen LogP) is 2.44. The van der Waals surface area contributed by atoms with Crippen LogP contribution in [0.1, 0.15) is 33.6 Å². The Morgan fingerprint density at radius 2 is 1.93 bits per heavy atom. The van der Waals surface area contributed by atoms with Crippen LogP contribution in [0, 0.1) is 0 Å². The third-order valence-corrected chi connectivity index (χ3v) is 5.68. The fourth-order valence-corrected chi connectivity index (χ4v) is 4.32. The van der Waals surface area contributed by atoms with Gasteiger partial charge in [-0.2, -0.15) is 0 Å². The molecule has 1 aliphatic heterocycles. The zero-order valence-electron chi connectivity index (χ0n) is 16.0. The van der Waals surface area contributed by atoms with Gasteiger partial charge in [0.05, 0.1) is 5.52 Å². The molecule has 150 valence electrons. The number of nitrogens with zero attached hydrogens (tertiary/aromatic N) is 2. The number of sulfonamides is 1. The molecule has 9 heteroatoms. The van der Waals surface area contributed by atoms with Crippen molar-refractivity contribution in [1.29, 1.82) is 0 Å². The summed E-state index contributed by atoms with van der Waals surface area (Å²) < 4.78 is 33.0. The van der Waals surface area contributed by atoms with Gasteiger partial charge in [-0.1, -0.05) is 18.2 Å². The van der Waals surface area contributed by atoms with Gasteiger partial charge in [-0.05, 0) is 45.7 Å². The predicted molar refractivity (Wildman–Crippen MR) is 103 cm³/mol. The van der Waals surface area contributed by atoms with Crippen molar-refractivity contribution < 1.29 is 22.7 Å². The van der Waals surface area contributed by atoms with Gasteiger partial charge < -0.3 is 4.74 Å². The summed E-state index contributed by atoms with van der Waals surface area (Å²) in [5, 5.41) is 0.647. The summed E-state index contributed by atoms with van der Waals surface area (Å²) in [4.78, 5) is 30.4. The molecule has 0 radical (unpaired) electrons. The lowest BCUT2D eigenvalue weighted by molar-refractivity contribution is -0.123. The molecule has 0 aliphatic carbocycles. The maximum Gasteiger partial charge on any atom is 0.410 e. The number of carbonyl (C=O) groups excluding carboxylic acids is 2. The summed E-state index contributed by atoms with van der Waals surface area (Å²) >= 11 is 0. The first-order chi connectivity index (χ1) is 13.1. The highest BCUT2D eigenvalue weighted by Gasteiger charge is 2.38. The molecule has 1 fully saturated rings. The number of hydrogen-bond acceptors (Lipinski definition) is 6. The molecular formula is C19H23N3O5S. The lowest BCUT2D eigenvalue weighted by Crippen LogP contribution is -2.48. The average molecular weight is 405 g/mol. The number of pyridine rings is 1. The largest absolute Gasteiger partial charge is 0.444 e. The highest BCUT2D eigenvalue weighted by Crippen LogP contribution is 2.23. The van der Waals surface area contributed by atoms with E-state index in [-0.39, 0.29) is 10.4 Å². The SMILES string of the molecule is CC(C)(C)OC(=O)N1CCC[C@H]1C(=O)NS(=O)(=O)c1cccc2cccnc12. The van der Waals surface area contributed by atoms with E-state index in [1.807, 2.05) is 0 Å². The standard InChI is InChI=1S/C19H23N3O5S/c1-19(2,3)27-18(24)22-12-6-9-14(22)17(23)21-28(25,26)15-10-4-7-13-8-5-11-20-16(13)15/h4-5,7-8,10-11,14H,6,9,12H2,1-3H3,(H,21,23)/t14-/m0/s1. The molecule has 0 bridgehead atoms. The number of amides is 2. The highest BCUT2D eigenvalue weighted by molar-refractivity contribution is 7.90. The second-order valence-corrected chi connectivity index (χ2v) is 9.28. The van der Waals surface area contributed by atoms with Crippen molar-refractivity contribution in [2.75, 3.05) is 6.54 Å². The Morgan fingerprint density at radius 1 is 1.21 bits per heavy atom. The normalized spacial score (nSPS) is 17.5. The summed E-state index contributed by atoms with van der Waals surface area (Å²) in [6.07, 6.45) is 1.82. The zero-order valence-corrected chi connectivity index (χ0v) is 16.8. The van der Waals surface area contributed by atoms with Crippen LogP contribution in [0.25, 0.3) is 10.9 Å². The lowest BCUT2D eigenvalue weighted by atomic mass is 10.2. The number of aromatic nitrogens is 1. The van der Waals surface area contributed by atoms with Gasteiger partial charge in [0.1, 0.15) is 16.5 Å². The molecule has 8 nitrogen and oxygen atoms in total. The molecule has 1 N–H and O–H groups in total. The quantitative estimate of drug-likeness (QED) is 0.841. The van der Waals surface area contributed by atoms with E-state index in [1.54, 1.807) is 45.0 Å². The van der Waals surface area contributed by atoms with E-state index in [0.717, 1.165) is 0 Å². The van der Waals surface area contributed by atoms with Crippen LogP contribution in [0.4, 0.5) is 4.79 Å². The van der Waals surface area contributed by atoms with Crippen LogP contribution in [0.3, 0.4) is 0 Å². The molecule has 0 unspecified atom stereocenters. The highest BCUT2D eigenvalue weighted by atomic mass is 32.2. The molecule has 1 aliphatic rings. The number of benzene rings is 1.